The predicted octanol–water partition coefficient (Wildman–Crippen LogP) is 4.62. The second kappa shape index (κ2) is 14.0. The summed E-state index contributed by atoms with van der Waals surface area (Å²) in [6, 6.07) is 18.9. The van der Waals surface area contributed by atoms with E-state index in [0.717, 1.165) is 10.4 Å². The first-order chi connectivity index (χ1) is 20.4. The zero-order valence-electron chi connectivity index (χ0n) is 26.0. The van der Waals surface area contributed by atoms with E-state index in [0.29, 0.717) is 25.4 Å². The molecule has 236 valence electrons. The summed E-state index contributed by atoms with van der Waals surface area (Å²) in [5, 5.41) is 5.15. The summed E-state index contributed by atoms with van der Waals surface area (Å²) in [7, 11) is -3.13. The van der Waals surface area contributed by atoms with Gasteiger partial charge in [0.05, 0.1) is 12.9 Å². The fourth-order valence-corrected chi connectivity index (χ4v) is 10.1. The van der Waals surface area contributed by atoms with Crippen molar-refractivity contribution in [2.75, 3.05) is 13.3 Å². The summed E-state index contributed by atoms with van der Waals surface area (Å²) in [6.45, 7) is 9.16. The van der Waals surface area contributed by atoms with Gasteiger partial charge >= 0.3 is 11.9 Å². The molecule has 0 spiro atoms. The average molecular weight is 617 g/mol. The number of hydrogen-bond donors (Lipinski definition) is 1. The van der Waals surface area contributed by atoms with Crippen LogP contribution < -0.4 is 15.7 Å². The second-order valence-corrected chi connectivity index (χ2v) is 16.3. The monoisotopic (exact) mass is 616 g/mol. The normalized spacial score (nSPS) is 23.9. The molecule has 0 bridgehead atoms. The van der Waals surface area contributed by atoms with Crippen molar-refractivity contribution in [1.29, 1.82) is 0 Å². The Balaban J connectivity index is 1.78. The average Bonchev–Trinajstić information content (AvgIpc) is 3.74. The van der Waals surface area contributed by atoms with Crippen LogP contribution in [0.1, 0.15) is 66.7 Å². The number of carbonyl (C=O) groups excluding carboxylic acids is 2. The number of esters is 2. The van der Waals surface area contributed by atoms with E-state index in [9.17, 15) is 18.4 Å². The molecule has 0 aliphatic carbocycles. The van der Waals surface area contributed by atoms with Gasteiger partial charge in [-0.1, -0.05) is 67.6 Å². The van der Waals surface area contributed by atoms with E-state index in [1.54, 1.807) is 25.7 Å². The molecule has 4 rings (SSSR count). The minimum atomic E-state index is -3.13. The van der Waals surface area contributed by atoms with E-state index >= 15 is 0 Å². The van der Waals surface area contributed by atoms with Gasteiger partial charge in [-0.3, -0.25) is 9.69 Å². The molecule has 10 heteroatoms. The van der Waals surface area contributed by atoms with Crippen LogP contribution >= 0.6 is 0 Å². The summed E-state index contributed by atoms with van der Waals surface area (Å²) < 4.78 is 47.4. The van der Waals surface area contributed by atoms with Gasteiger partial charge in [0, 0.05) is 19.0 Å². The van der Waals surface area contributed by atoms with Crippen LogP contribution in [0, 0.1) is 0 Å². The molecule has 2 fully saturated rings. The lowest BCUT2D eigenvalue weighted by atomic mass is 9.92. The van der Waals surface area contributed by atoms with Gasteiger partial charge in [-0.2, -0.15) is 0 Å². The van der Waals surface area contributed by atoms with Crippen molar-refractivity contribution in [3.05, 3.63) is 60.7 Å². The lowest BCUT2D eigenvalue weighted by Crippen LogP contribution is -2.66. The third kappa shape index (κ3) is 7.71. The van der Waals surface area contributed by atoms with Gasteiger partial charge in [0.25, 0.3) is 8.32 Å². The van der Waals surface area contributed by atoms with Gasteiger partial charge in [-0.05, 0) is 69.8 Å². The molecule has 2 aliphatic heterocycles. The van der Waals surface area contributed by atoms with E-state index in [1.165, 1.54) is 6.92 Å². The molecular weight excluding hydrogens is 570 g/mol. The third-order valence-corrected chi connectivity index (χ3v) is 12.4. The molecule has 43 heavy (non-hydrogen) atoms. The van der Waals surface area contributed by atoms with Crippen LogP contribution in [-0.2, 0) is 23.5 Å². The van der Waals surface area contributed by atoms with Crippen molar-refractivity contribution in [3.8, 4) is 0 Å². The Morgan fingerprint density at radius 1 is 1.05 bits per heavy atom. The quantitative estimate of drug-likeness (QED) is 0.188. The molecule has 5 atom stereocenters. The first kappa shape index (κ1) is 33.2. The van der Waals surface area contributed by atoms with Crippen molar-refractivity contribution in [2.45, 2.75) is 109 Å². The Hall–Kier alpha value is -2.66. The van der Waals surface area contributed by atoms with Crippen LogP contribution in [0.2, 0.25) is 6.04 Å². The smallest absolute Gasteiger partial charge is 0.330 e. The van der Waals surface area contributed by atoms with Crippen molar-refractivity contribution in [3.63, 3.8) is 0 Å². The molecule has 1 N–H and O–H groups in total. The van der Waals surface area contributed by atoms with Gasteiger partial charge in [0.2, 0.25) is 6.36 Å². The number of carbonyl (C=O) groups is 2. The lowest BCUT2D eigenvalue weighted by Gasteiger charge is -2.41. The molecule has 2 aromatic rings. The lowest BCUT2D eigenvalue weighted by molar-refractivity contribution is -0.178. The Bertz CT molecular complexity index is 1170. The van der Waals surface area contributed by atoms with Gasteiger partial charge in [0.1, 0.15) is 17.2 Å². The van der Waals surface area contributed by atoms with Crippen LogP contribution in [0.3, 0.4) is 0 Å². The number of likely N-dealkylation sites (tertiary alicyclic amines) is 1. The molecule has 0 saturated carbocycles. The molecule has 2 aliphatic rings. The highest BCUT2D eigenvalue weighted by Crippen LogP contribution is 2.42. The van der Waals surface area contributed by atoms with Gasteiger partial charge in [-0.15, -0.1) is 0 Å². The number of nitrogens with zero attached hydrogens (tertiary/aromatic N) is 1. The van der Waals surface area contributed by atoms with Crippen LogP contribution in [0.4, 0.5) is 8.78 Å². The number of alkyl halides is 2. The molecule has 0 aromatic heterocycles. The van der Waals surface area contributed by atoms with E-state index in [2.05, 4.69) is 5.32 Å². The Labute approximate surface area is 255 Å². The maximum absolute atomic E-state index is 14.7. The minimum Gasteiger partial charge on any atom is -0.459 e. The Kier molecular flexibility index (Phi) is 10.8. The summed E-state index contributed by atoms with van der Waals surface area (Å²) in [5.41, 5.74) is -2.07. The number of nitrogens with one attached hydrogen (secondary N) is 1. The highest BCUT2D eigenvalue weighted by molar-refractivity contribution is 6.97. The van der Waals surface area contributed by atoms with E-state index in [1.807, 2.05) is 67.6 Å². The molecule has 0 radical (unpaired) electrons. The van der Waals surface area contributed by atoms with Gasteiger partial charge in [0.15, 0.2) is 0 Å². The van der Waals surface area contributed by atoms with Gasteiger partial charge in [-0.25, -0.2) is 13.6 Å². The third-order valence-electron chi connectivity index (χ3n) is 8.28. The molecule has 7 nitrogen and oxygen atoms in total. The van der Waals surface area contributed by atoms with Gasteiger partial charge < -0.3 is 19.2 Å². The number of hydrogen-bond acceptors (Lipinski definition) is 7. The fraction of sp³-hybridized carbons (Fsp3) is 0.576. The highest BCUT2D eigenvalue weighted by Gasteiger charge is 2.63. The zero-order chi connectivity index (χ0) is 31.3. The second-order valence-electron chi connectivity index (χ2n) is 12.7. The van der Waals surface area contributed by atoms with Crippen molar-refractivity contribution < 1.29 is 32.3 Å². The Morgan fingerprint density at radius 2 is 1.63 bits per heavy atom. The topological polar surface area (TPSA) is 87.0 Å². The van der Waals surface area contributed by atoms with E-state index in [4.69, 9.17) is 13.9 Å². The minimum absolute atomic E-state index is 0.0887. The fourth-order valence-electron chi connectivity index (χ4n) is 6.08. The number of rotatable bonds is 14. The summed E-state index contributed by atoms with van der Waals surface area (Å²) in [5.74, 6) is -1.18. The van der Waals surface area contributed by atoms with Crippen LogP contribution in [0.15, 0.2) is 60.7 Å². The number of halogens is 2. The Morgan fingerprint density at radius 3 is 2.12 bits per heavy atom. The largest absolute Gasteiger partial charge is 0.459 e. The van der Waals surface area contributed by atoms with Crippen molar-refractivity contribution in [1.82, 2.24) is 10.2 Å². The molecule has 2 heterocycles. The molecule has 2 saturated heterocycles. The molecular formula is C33H46F2N2O5Si. The van der Waals surface area contributed by atoms with E-state index in [-0.39, 0.29) is 32.0 Å². The molecule has 0 amide bonds. The number of benzene rings is 2. The van der Waals surface area contributed by atoms with E-state index < -0.39 is 50.0 Å². The first-order valence-electron chi connectivity index (χ1n) is 15.4. The van der Waals surface area contributed by atoms with Crippen LogP contribution in [0.5, 0.6) is 0 Å². The van der Waals surface area contributed by atoms with Crippen molar-refractivity contribution in [2.24, 2.45) is 0 Å². The first-order valence-corrected chi connectivity index (χ1v) is 17.5. The summed E-state index contributed by atoms with van der Waals surface area (Å²) in [6.07, 6.45) is -1.30. The zero-order valence-corrected chi connectivity index (χ0v) is 27.0. The summed E-state index contributed by atoms with van der Waals surface area (Å²) >= 11 is 0. The summed E-state index contributed by atoms with van der Waals surface area (Å²) in [4.78, 5) is 29.2. The van der Waals surface area contributed by atoms with Crippen molar-refractivity contribution >= 4 is 30.6 Å². The maximum Gasteiger partial charge on any atom is 0.330 e. The predicted molar refractivity (Wildman–Crippen MR) is 165 cm³/mol. The highest BCUT2D eigenvalue weighted by atomic mass is 28.4. The van der Waals surface area contributed by atoms with Crippen LogP contribution in [0.25, 0.3) is 0 Å². The molecule has 3 unspecified atom stereocenters. The molecule has 2 aromatic carbocycles. The maximum atomic E-state index is 14.7. The SMILES string of the molecule is CCCC(F)OC(=O)[C@]1(C2CN2)CC[C@H](C(=O)OC(C)(C)C)N1CO[Si](CCC(C)F)(c1ccccc1)c1ccccc1. The van der Waals surface area contributed by atoms with Crippen LogP contribution in [-0.4, -0.2) is 74.2 Å². The number of ether oxygens (including phenoxy) is 2. The standard InChI is InChI=1S/C33H46F2N2O5Si/c1-6-13-29(35)41-31(39)33(28-22-36-28)20-18-27(30(38)42-32(3,4)5)37(33)23-40-43(21-19-24(2)34,25-14-9-7-10-15-25)26-16-11-8-12-17-26/h7-12,14-17,24,27-29,36H,6,13,18-23H2,1-5H3/t24?,27-,28?,29?,33-/m1/s1.